The highest BCUT2D eigenvalue weighted by Gasteiger charge is 2.27. The minimum Gasteiger partial charge on any atom is -0.469 e. The van der Waals surface area contributed by atoms with Gasteiger partial charge in [0, 0.05) is 12.6 Å². The van der Waals surface area contributed by atoms with Crippen LogP contribution in [-0.4, -0.2) is 36.9 Å². The average Bonchev–Trinajstić information content (AvgIpc) is 2.69. The molecule has 1 rings (SSSR count). The number of ether oxygens (including phenoxy) is 1. The molecule has 0 bridgehead atoms. The molecule has 0 spiro atoms. The molecular formula is C12H23NO3. The molecule has 4 heteroatoms. The Morgan fingerprint density at radius 1 is 1.50 bits per heavy atom. The van der Waals surface area contributed by atoms with Crippen molar-refractivity contribution in [3.8, 4) is 0 Å². The third-order valence-corrected chi connectivity index (χ3v) is 3.64. The van der Waals surface area contributed by atoms with Gasteiger partial charge in [-0.1, -0.05) is 13.3 Å². The molecule has 4 unspecified atom stereocenters. The lowest BCUT2D eigenvalue weighted by molar-refractivity contribution is -0.145. The van der Waals surface area contributed by atoms with Crippen LogP contribution in [0.15, 0.2) is 0 Å². The minimum atomic E-state index is -0.188. The zero-order valence-corrected chi connectivity index (χ0v) is 10.4. The number of methoxy groups -OCH3 is 1. The molecule has 0 amide bonds. The van der Waals surface area contributed by atoms with E-state index in [1.165, 1.54) is 7.11 Å². The maximum Gasteiger partial charge on any atom is 0.309 e. The van der Waals surface area contributed by atoms with E-state index in [-0.39, 0.29) is 24.0 Å². The average molecular weight is 229 g/mol. The Kier molecular flexibility index (Phi) is 5.22. The lowest BCUT2D eigenvalue weighted by Crippen LogP contribution is -2.40. The van der Waals surface area contributed by atoms with Crippen LogP contribution in [0.1, 0.15) is 33.1 Å². The zero-order valence-electron chi connectivity index (χ0n) is 10.4. The van der Waals surface area contributed by atoms with Gasteiger partial charge in [-0.15, -0.1) is 0 Å². The summed E-state index contributed by atoms with van der Waals surface area (Å²) in [6, 6.07) is 0.0836. The van der Waals surface area contributed by atoms with Gasteiger partial charge in [0.25, 0.3) is 0 Å². The monoisotopic (exact) mass is 229 g/mol. The highest BCUT2D eigenvalue weighted by Crippen LogP contribution is 2.24. The van der Waals surface area contributed by atoms with Gasteiger partial charge in [0.2, 0.25) is 0 Å². The summed E-state index contributed by atoms with van der Waals surface area (Å²) in [5, 5.41) is 13.0. The van der Waals surface area contributed by atoms with E-state index in [0.29, 0.717) is 5.92 Å². The van der Waals surface area contributed by atoms with Crippen LogP contribution >= 0.6 is 0 Å². The fraction of sp³-hybridized carbons (Fsp3) is 0.917. The van der Waals surface area contributed by atoms with Gasteiger partial charge in [0.05, 0.1) is 19.1 Å². The zero-order chi connectivity index (χ0) is 12.1. The summed E-state index contributed by atoms with van der Waals surface area (Å²) in [6.45, 7) is 4.61. The fourth-order valence-corrected chi connectivity index (χ4v) is 2.16. The number of aliphatic hydroxyl groups excluding tert-OH is 1. The lowest BCUT2D eigenvalue weighted by Gasteiger charge is -2.22. The first-order valence-electron chi connectivity index (χ1n) is 6.05. The van der Waals surface area contributed by atoms with Gasteiger partial charge in [-0.05, 0) is 25.7 Å². The van der Waals surface area contributed by atoms with Crippen molar-refractivity contribution < 1.29 is 14.6 Å². The number of hydrogen-bond donors (Lipinski definition) is 2. The molecule has 0 aromatic rings. The van der Waals surface area contributed by atoms with Gasteiger partial charge in [0.15, 0.2) is 0 Å². The fourth-order valence-electron chi connectivity index (χ4n) is 2.16. The number of carbonyl (C=O) groups is 1. The summed E-state index contributed by atoms with van der Waals surface area (Å²) in [7, 11) is 1.41. The van der Waals surface area contributed by atoms with Gasteiger partial charge in [-0.25, -0.2) is 0 Å². The smallest absolute Gasteiger partial charge is 0.309 e. The van der Waals surface area contributed by atoms with Gasteiger partial charge in [-0.2, -0.15) is 0 Å². The number of hydrogen-bond acceptors (Lipinski definition) is 4. The van der Waals surface area contributed by atoms with Gasteiger partial charge in [0.1, 0.15) is 0 Å². The summed E-state index contributed by atoms with van der Waals surface area (Å²) in [5.74, 6) is 0.00260. The van der Waals surface area contributed by atoms with Crippen molar-refractivity contribution >= 4 is 5.97 Å². The Morgan fingerprint density at radius 3 is 2.69 bits per heavy atom. The lowest BCUT2D eigenvalue weighted by atomic mass is 10.0. The second-order valence-electron chi connectivity index (χ2n) is 4.77. The van der Waals surface area contributed by atoms with Crippen LogP contribution in [-0.2, 0) is 9.53 Å². The normalized spacial score (nSPS) is 28.8. The SMILES string of the molecule is COC(=O)C(C)C(C)NCC1CCCC1O. The molecule has 0 saturated heterocycles. The Balaban J connectivity index is 2.28. The summed E-state index contributed by atoms with van der Waals surface area (Å²) >= 11 is 0. The van der Waals surface area contributed by atoms with Crippen molar-refractivity contribution in [1.82, 2.24) is 5.32 Å². The highest BCUT2D eigenvalue weighted by atomic mass is 16.5. The maximum atomic E-state index is 11.3. The summed E-state index contributed by atoms with van der Waals surface area (Å²) in [6.07, 6.45) is 2.92. The minimum absolute atomic E-state index is 0.0836. The van der Waals surface area contributed by atoms with E-state index in [1.807, 2.05) is 13.8 Å². The second kappa shape index (κ2) is 6.21. The molecule has 0 radical (unpaired) electrons. The van der Waals surface area contributed by atoms with Gasteiger partial charge < -0.3 is 15.2 Å². The molecule has 1 fully saturated rings. The quantitative estimate of drug-likeness (QED) is 0.689. The Hall–Kier alpha value is -0.610. The summed E-state index contributed by atoms with van der Waals surface area (Å²) in [4.78, 5) is 11.3. The first-order valence-corrected chi connectivity index (χ1v) is 6.05. The Bertz CT molecular complexity index is 232. The maximum absolute atomic E-state index is 11.3. The Morgan fingerprint density at radius 2 is 2.19 bits per heavy atom. The molecule has 94 valence electrons. The van der Waals surface area contributed by atoms with Crippen LogP contribution in [0.2, 0.25) is 0 Å². The van der Waals surface area contributed by atoms with E-state index in [4.69, 9.17) is 4.74 Å². The van der Waals surface area contributed by atoms with Crippen molar-refractivity contribution in [2.75, 3.05) is 13.7 Å². The van der Waals surface area contributed by atoms with Crippen molar-refractivity contribution in [2.24, 2.45) is 11.8 Å². The van der Waals surface area contributed by atoms with E-state index >= 15 is 0 Å². The van der Waals surface area contributed by atoms with E-state index in [0.717, 1.165) is 25.8 Å². The Labute approximate surface area is 97.4 Å². The van der Waals surface area contributed by atoms with Crippen LogP contribution in [0.4, 0.5) is 0 Å². The number of rotatable bonds is 5. The van der Waals surface area contributed by atoms with E-state index in [2.05, 4.69) is 5.32 Å². The molecule has 0 aliphatic heterocycles. The van der Waals surface area contributed by atoms with Crippen LogP contribution < -0.4 is 5.32 Å². The van der Waals surface area contributed by atoms with Crippen LogP contribution in [0.5, 0.6) is 0 Å². The second-order valence-corrected chi connectivity index (χ2v) is 4.77. The van der Waals surface area contributed by atoms with Crippen LogP contribution in [0, 0.1) is 11.8 Å². The van der Waals surface area contributed by atoms with E-state index in [9.17, 15) is 9.90 Å². The molecule has 1 aliphatic rings. The molecule has 2 N–H and O–H groups in total. The summed E-state index contributed by atoms with van der Waals surface area (Å²) in [5.41, 5.74) is 0. The molecule has 4 atom stereocenters. The molecule has 4 nitrogen and oxygen atoms in total. The third-order valence-electron chi connectivity index (χ3n) is 3.64. The first kappa shape index (κ1) is 13.5. The molecule has 0 heterocycles. The van der Waals surface area contributed by atoms with Crippen molar-refractivity contribution in [1.29, 1.82) is 0 Å². The standard InChI is InChI=1S/C12H23NO3/c1-8(12(15)16-3)9(2)13-7-10-5-4-6-11(10)14/h8-11,13-14H,4-7H2,1-3H3. The van der Waals surface area contributed by atoms with Crippen molar-refractivity contribution in [3.63, 3.8) is 0 Å². The molecule has 16 heavy (non-hydrogen) atoms. The van der Waals surface area contributed by atoms with Gasteiger partial charge >= 0.3 is 5.97 Å². The summed E-state index contributed by atoms with van der Waals surface area (Å²) < 4.78 is 4.70. The topological polar surface area (TPSA) is 58.6 Å². The number of esters is 1. The number of nitrogens with one attached hydrogen (secondary N) is 1. The van der Waals surface area contributed by atoms with E-state index in [1.54, 1.807) is 0 Å². The number of carbonyl (C=O) groups excluding carboxylic acids is 1. The predicted octanol–water partition coefficient (Wildman–Crippen LogP) is 0.935. The molecule has 0 aromatic carbocycles. The highest BCUT2D eigenvalue weighted by molar-refractivity contribution is 5.72. The number of aliphatic hydroxyl groups is 1. The third kappa shape index (κ3) is 3.46. The molecule has 0 aromatic heterocycles. The van der Waals surface area contributed by atoms with Crippen molar-refractivity contribution in [2.45, 2.75) is 45.3 Å². The van der Waals surface area contributed by atoms with Gasteiger partial charge in [-0.3, -0.25) is 4.79 Å². The largest absolute Gasteiger partial charge is 0.469 e. The van der Waals surface area contributed by atoms with Crippen molar-refractivity contribution in [3.05, 3.63) is 0 Å². The molecule has 1 aliphatic carbocycles. The predicted molar refractivity (Wildman–Crippen MR) is 62.0 cm³/mol. The van der Waals surface area contributed by atoms with Crippen LogP contribution in [0.3, 0.4) is 0 Å². The van der Waals surface area contributed by atoms with E-state index < -0.39 is 0 Å². The molecule has 1 saturated carbocycles. The molecular weight excluding hydrogens is 206 g/mol. The van der Waals surface area contributed by atoms with Crippen LogP contribution in [0.25, 0.3) is 0 Å². The first-order chi connectivity index (χ1) is 7.56.